The molecule has 1 heteroatoms. The Morgan fingerprint density at radius 1 is 1.13 bits per heavy atom. The second kappa shape index (κ2) is 4.80. The molecule has 1 aromatic carbocycles. The molecular weight excluding hydrogens is 184 g/mol. The molecule has 0 aliphatic rings. The van der Waals surface area contributed by atoms with Crippen molar-refractivity contribution in [1.29, 1.82) is 0 Å². The average Bonchev–Trinajstić information content (AvgIpc) is 2.28. The molecule has 0 heterocycles. The molecule has 0 amide bonds. The molecule has 15 heavy (non-hydrogen) atoms. The molecule has 1 rings (SSSR count). The summed E-state index contributed by atoms with van der Waals surface area (Å²) in [7, 11) is 0. The van der Waals surface area contributed by atoms with Gasteiger partial charge in [-0.1, -0.05) is 52.0 Å². The van der Waals surface area contributed by atoms with Crippen molar-refractivity contribution in [3.63, 3.8) is 0 Å². The summed E-state index contributed by atoms with van der Waals surface area (Å²) in [5.74, 6) is 0.245. The highest BCUT2D eigenvalue weighted by Gasteiger charge is 2.30. The van der Waals surface area contributed by atoms with Crippen molar-refractivity contribution in [2.45, 2.75) is 46.1 Å². The Balaban J connectivity index is 3.03. The standard InChI is InChI=1S/C14H22O/c1-5-12-7-9-13(10-8-12)14(15,6-2)11(3)4/h7-11,15H,5-6H2,1-4H3. The Kier molecular flexibility index (Phi) is 3.92. The van der Waals surface area contributed by atoms with Crippen LogP contribution in [0.15, 0.2) is 24.3 Å². The van der Waals surface area contributed by atoms with Crippen LogP contribution >= 0.6 is 0 Å². The van der Waals surface area contributed by atoms with Crippen molar-refractivity contribution in [1.82, 2.24) is 0 Å². The fourth-order valence-corrected chi connectivity index (χ4v) is 1.97. The third kappa shape index (κ3) is 2.40. The Bertz CT molecular complexity index is 300. The minimum absolute atomic E-state index is 0.245. The van der Waals surface area contributed by atoms with Crippen LogP contribution in [0.1, 0.15) is 45.2 Å². The van der Waals surface area contributed by atoms with Crippen LogP contribution in [0, 0.1) is 5.92 Å². The molecule has 0 aromatic heterocycles. The maximum absolute atomic E-state index is 10.5. The molecule has 0 spiro atoms. The minimum atomic E-state index is -0.674. The summed E-state index contributed by atoms with van der Waals surface area (Å²) in [6, 6.07) is 8.33. The van der Waals surface area contributed by atoms with Gasteiger partial charge in [-0.2, -0.15) is 0 Å². The maximum Gasteiger partial charge on any atom is 0.0916 e. The van der Waals surface area contributed by atoms with Gasteiger partial charge in [0.15, 0.2) is 0 Å². The first kappa shape index (κ1) is 12.3. The van der Waals surface area contributed by atoms with Gasteiger partial charge in [-0.3, -0.25) is 0 Å². The Morgan fingerprint density at radius 2 is 1.67 bits per heavy atom. The number of aryl methyl sites for hydroxylation is 1. The van der Waals surface area contributed by atoms with E-state index in [1.54, 1.807) is 0 Å². The lowest BCUT2D eigenvalue weighted by Gasteiger charge is -2.31. The molecule has 1 aromatic rings. The van der Waals surface area contributed by atoms with Crippen LogP contribution in [0.4, 0.5) is 0 Å². The SMILES string of the molecule is CCc1ccc(C(O)(CC)C(C)C)cc1. The van der Waals surface area contributed by atoms with Crippen LogP contribution in [0.5, 0.6) is 0 Å². The highest BCUT2D eigenvalue weighted by Crippen LogP contribution is 2.32. The molecule has 84 valence electrons. The predicted octanol–water partition coefficient (Wildman–Crippen LogP) is 3.50. The molecule has 0 aliphatic carbocycles. The first-order valence-corrected chi connectivity index (χ1v) is 5.86. The monoisotopic (exact) mass is 206 g/mol. The van der Waals surface area contributed by atoms with Gasteiger partial charge in [-0.05, 0) is 29.9 Å². The Labute approximate surface area is 93.1 Å². The van der Waals surface area contributed by atoms with Gasteiger partial charge in [-0.15, -0.1) is 0 Å². The molecule has 0 saturated heterocycles. The number of benzene rings is 1. The third-order valence-electron chi connectivity index (χ3n) is 3.36. The number of hydrogen-bond acceptors (Lipinski definition) is 1. The quantitative estimate of drug-likeness (QED) is 0.799. The van der Waals surface area contributed by atoms with E-state index in [2.05, 4.69) is 45.0 Å². The van der Waals surface area contributed by atoms with E-state index in [0.29, 0.717) is 0 Å². The van der Waals surface area contributed by atoms with Gasteiger partial charge in [-0.25, -0.2) is 0 Å². The molecule has 1 N–H and O–H groups in total. The number of hydrogen-bond donors (Lipinski definition) is 1. The van der Waals surface area contributed by atoms with E-state index < -0.39 is 5.60 Å². The highest BCUT2D eigenvalue weighted by molar-refractivity contribution is 5.27. The minimum Gasteiger partial charge on any atom is -0.385 e. The molecule has 0 fully saturated rings. The van der Waals surface area contributed by atoms with E-state index >= 15 is 0 Å². The van der Waals surface area contributed by atoms with E-state index in [9.17, 15) is 5.11 Å². The zero-order chi connectivity index (χ0) is 11.5. The first-order valence-electron chi connectivity index (χ1n) is 5.86. The molecular formula is C14H22O. The van der Waals surface area contributed by atoms with E-state index in [1.165, 1.54) is 5.56 Å². The summed E-state index contributed by atoms with van der Waals surface area (Å²) >= 11 is 0. The third-order valence-corrected chi connectivity index (χ3v) is 3.36. The second-order valence-electron chi connectivity index (χ2n) is 4.48. The van der Waals surface area contributed by atoms with Gasteiger partial charge < -0.3 is 5.11 Å². The van der Waals surface area contributed by atoms with Crippen LogP contribution < -0.4 is 0 Å². The fourth-order valence-electron chi connectivity index (χ4n) is 1.97. The summed E-state index contributed by atoms with van der Waals surface area (Å²) in [4.78, 5) is 0. The van der Waals surface area contributed by atoms with Crippen molar-refractivity contribution in [2.24, 2.45) is 5.92 Å². The number of aliphatic hydroxyl groups is 1. The van der Waals surface area contributed by atoms with E-state index in [-0.39, 0.29) is 5.92 Å². The summed E-state index contributed by atoms with van der Waals surface area (Å²) in [5, 5.41) is 10.5. The molecule has 1 nitrogen and oxygen atoms in total. The van der Waals surface area contributed by atoms with Gasteiger partial charge in [0.25, 0.3) is 0 Å². The lowest BCUT2D eigenvalue weighted by atomic mass is 9.81. The van der Waals surface area contributed by atoms with Crippen molar-refractivity contribution in [3.05, 3.63) is 35.4 Å². The molecule has 0 radical (unpaired) electrons. The van der Waals surface area contributed by atoms with Gasteiger partial charge in [0.1, 0.15) is 0 Å². The van der Waals surface area contributed by atoms with Gasteiger partial charge in [0.2, 0.25) is 0 Å². The van der Waals surface area contributed by atoms with Gasteiger partial charge >= 0.3 is 0 Å². The Hall–Kier alpha value is -0.820. The summed E-state index contributed by atoms with van der Waals surface area (Å²) < 4.78 is 0. The predicted molar refractivity (Wildman–Crippen MR) is 64.8 cm³/mol. The van der Waals surface area contributed by atoms with E-state index in [4.69, 9.17) is 0 Å². The van der Waals surface area contributed by atoms with Crippen LogP contribution in [-0.4, -0.2) is 5.11 Å². The topological polar surface area (TPSA) is 20.2 Å². The molecule has 0 aliphatic heterocycles. The molecule has 1 atom stereocenters. The molecule has 0 saturated carbocycles. The summed E-state index contributed by atoms with van der Waals surface area (Å²) in [6.45, 7) is 8.31. The average molecular weight is 206 g/mol. The normalized spacial score (nSPS) is 15.3. The highest BCUT2D eigenvalue weighted by atomic mass is 16.3. The van der Waals surface area contributed by atoms with E-state index in [1.807, 2.05) is 6.92 Å². The zero-order valence-corrected chi connectivity index (χ0v) is 10.2. The van der Waals surface area contributed by atoms with Crippen LogP contribution in [0.3, 0.4) is 0 Å². The largest absolute Gasteiger partial charge is 0.385 e. The molecule has 1 unspecified atom stereocenters. The summed E-state index contributed by atoms with van der Waals surface area (Å²) in [5.41, 5.74) is 1.69. The zero-order valence-electron chi connectivity index (χ0n) is 10.2. The smallest absolute Gasteiger partial charge is 0.0916 e. The van der Waals surface area contributed by atoms with Gasteiger partial charge in [0.05, 0.1) is 5.60 Å². The van der Waals surface area contributed by atoms with Crippen molar-refractivity contribution in [2.75, 3.05) is 0 Å². The lowest BCUT2D eigenvalue weighted by molar-refractivity contribution is -0.0140. The number of rotatable bonds is 4. The molecule has 0 bridgehead atoms. The second-order valence-corrected chi connectivity index (χ2v) is 4.48. The van der Waals surface area contributed by atoms with Crippen LogP contribution in [0.25, 0.3) is 0 Å². The van der Waals surface area contributed by atoms with Crippen molar-refractivity contribution < 1.29 is 5.11 Å². The summed E-state index contributed by atoms with van der Waals surface area (Å²) in [6.07, 6.45) is 1.81. The van der Waals surface area contributed by atoms with Gasteiger partial charge in [0, 0.05) is 0 Å². The van der Waals surface area contributed by atoms with Crippen LogP contribution in [0.2, 0.25) is 0 Å². The first-order chi connectivity index (χ1) is 7.04. The van der Waals surface area contributed by atoms with Crippen molar-refractivity contribution in [3.8, 4) is 0 Å². The van der Waals surface area contributed by atoms with E-state index in [0.717, 1.165) is 18.4 Å². The van der Waals surface area contributed by atoms with Crippen LogP contribution in [-0.2, 0) is 12.0 Å². The van der Waals surface area contributed by atoms with Crippen molar-refractivity contribution >= 4 is 0 Å². The Morgan fingerprint density at radius 3 is 2.00 bits per heavy atom. The fraction of sp³-hybridized carbons (Fsp3) is 0.571. The maximum atomic E-state index is 10.5. The lowest BCUT2D eigenvalue weighted by Crippen LogP contribution is -2.31.